The molecule has 24 heavy (non-hydrogen) atoms. The van der Waals surface area contributed by atoms with E-state index >= 15 is 0 Å². The number of rotatable bonds is 4. The Kier molecular flexibility index (Phi) is 4.07. The number of hydrogen-bond donors (Lipinski definition) is 0. The first kappa shape index (κ1) is 15.3. The average molecular weight is 365 g/mol. The van der Waals surface area contributed by atoms with Crippen LogP contribution in [-0.4, -0.2) is 26.4 Å². The van der Waals surface area contributed by atoms with E-state index in [0.29, 0.717) is 34.4 Å². The molecule has 0 fully saturated rings. The second-order valence-corrected chi connectivity index (χ2v) is 6.43. The van der Waals surface area contributed by atoms with E-state index in [2.05, 4.69) is 15.2 Å². The lowest BCUT2D eigenvalue weighted by atomic mass is 10.2. The lowest BCUT2D eigenvalue weighted by Crippen LogP contribution is -2.21. The largest absolute Gasteiger partial charge is 0.485 e. The number of hydrogen-bond acceptors (Lipinski definition) is 7. The Morgan fingerprint density at radius 3 is 2.92 bits per heavy atom. The van der Waals surface area contributed by atoms with Crippen molar-refractivity contribution in [3.63, 3.8) is 0 Å². The van der Waals surface area contributed by atoms with Crippen LogP contribution >= 0.6 is 23.4 Å². The summed E-state index contributed by atoms with van der Waals surface area (Å²) in [5.41, 5.74) is 0. The van der Waals surface area contributed by atoms with Crippen LogP contribution in [0.1, 0.15) is 17.8 Å². The van der Waals surface area contributed by atoms with Crippen LogP contribution in [0.15, 0.2) is 40.1 Å². The summed E-state index contributed by atoms with van der Waals surface area (Å²) >= 11 is 7.36. The summed E-state index contributed by atoms with van der Waals surface area (Å²) < 4.78 is 19.0. The molecule has 1 aromatic carbocycles. The van der Waals surface area contributed by atoms with Gasteiger partial charge < -0.3 is 18.5 Å². The molecule has 4 rings (SSSR count). The fourth-order valence-corrected chi connectivity index (χ4v) is 3.14. The highest BCUT2D eigenvalue weighted by molar-refractivity contribution is 7.98. The van der Waals surface area contributed by atoms with Gasteiger partial charge in [-0.15, -0.1) is 10.2 Å². The molecule has 9 heteroatoms. The molecule has 1 unspecified atom stereocenters. The van der Waals surface area contributed by atoms with Crippen LogP contribution in [-0.2, 0) is 12.8 Å². The van der Waals surface area contributed by atoms with E-state index in [1.807, 2.05) is 31.3 Å². The molecule has 0 radical (unpaired) electrons. The monoisotopic (exact) mass is 364 g/mol. The van der Waals surface area contributed by atoms with Gasteiger partial charge in [-0.05, 0) is 12.1 Å². The summed E-state index contributed by atoms with van der Waals surface area (Å²) in [5.74, 6) is 3.19. The average Bonchev–Trinajstić information content (AvgIpc) is 3.21. The van der Waals surface area contributed by atoms with Crippen molar-refractivity contribution in [3.05, 3.63) is 47.3 Å². The molecule has 3 aromatic rings. The third-order valence-corrected chi connectivity index (χ3v) is 4.72. The molecule has 0 bridgehead atoms. The van der Waals surface area contributed by atoms with Gasteiger partial charge >= 0.3 is 0 Å². The first-order chi connectivity index (χ1) is 11.7. The normalized spacial score (nSPS) is 16.3. The van der Waals surface area contributed by atoms with Crippen molar-refractivity contribution in [1.29, 1.82) is 0 Å². The van der Waals surface area contributed by atoms with Crippen LogP contribution in [0.25, 0.3) is 0 Å². The highest BCUT2D eigenvalue weighted by Crippen LogP contribution is 2.36. The van der Waals surface area contributed by atoms with E-state index in [1.54, 1.807) is 10.8 Å². The molecule has 0 spiro atoms. The Balaban J connectivity index is 1.43. The van der Waals surface area contributed by atoms with E-state index < -0.39 is 6.10 Å². The number of thioether (sulfide) groups is 1. The molecule has 124 valence electrons. The van der Waals surface area contributed by atoms with Gasteiger partial charge in [0.2, 0.25) is 6.10 Å². The van der Waals surface area contributed by atoms with Gasteiger partial charge in [-0.3, -0.25) is 0 Å². The van der Waals surface area contributed by atoms with E-state index in [9.17, 15) is 0 Å². The number of para-hydroxylation sites is 2. The zero-order valence-electron chi connectivity index (χ0n) is 12.7. The van der Waals surface area contributed by atoms with Crippen LogP contribution in [0.2, 0.25) is 5.15 Å². The Morgan fingerprint density at radius 1 is 1.29 bits per heavy atom. The fraction of sp³-hybridized carbons (Fsp3) is 0.267. The predicted molar refractivity (Wildman–Crippen MR) is 87.4 cm³/mol. The van der Waals surface area contributed by atoms with Crippen LogP contribution in [0.5, 0.6) is 11.5 Å². The van der Waals surface area contributed by atoms with Crippen LogP contribution in [0.3, 0.4) is 0 Å². The minimum absolute atomic E-state index is 0.332. The van der Waals surface area contributed by atoms with Crippen molar-refractivity contribution >= 4 is 23.4 Å². The zero-order chi connectivity index (χ0) is 16.5. The van der Waals surface area contributed by atoms with Gasteiger partial charge in [-0.2, -0.15) is 0 Å². The van der Waals surface area contributed by atoms with Crippen molar-refractivity contribution in [3.8, 4) is 11.5 Å². The van der Waals surface area contributed by atoms with E-state index in [-0.39, 0.29) is 0 Å². The summed E-state index contributed by atoms with van der Waals surface area (Å²) in [5, 5.41) is 9.13. The second-order valence-electron chi connectivity index (χ2n) is 5.12. The number of halogens is 1. The lowest BCUT2D eigenvalue weighted by molar-refractivity contribution is 0.0686. The van der Waals surface area contributed by atoms with E-state index in [1.165, 1.54) is 11.8 Å². The summed E-state index contributed by atoms with van der Waals surface area (Å²) in [7, 11) is 1.86. The van der Waals surface area contributed by atoms with Gasteiger partial charge in [0.05, 0.1) is 11.9 Å². The molecule has 3 heterocycles. The lowest BCUT2D eigenvalue weighted by Gasteiger charge is -2.23. The van der Waals surface area contributed by atoms with Crippen LogP contribution in [0, 0.1) is 0 Å². The van der Waals surface area contributed by atoms with Gasteiger partial charge in [-0.25, -0.2) is 4.98 Å². The smallest absolute Gasteiger partial charge is 0.277 e. The number of benzene rings is 1. The van der Waals surface area contributed by atoms with Crippen LogP contribution < -0.4 is 9.47 Å². The first-order valence-electron chi connectivity index (χ1n) is 7.21. The first-order valence-corrected chi connectivity index (χ1v) is 8.58. The SMILES string of the molecule is Cn1c(Cl)cnc1CSc1nnc(C2COc3ccccc3O2)o1. The maximum atomic E-state index is 5.97. The van der Waals surface area contributed by atoms with Gasteiger partial charge in [0.1, 0.15) is 17.6 Å². The Morgan fingerprint density at radius 2 is 2.12 bits per heavy atom. The second kappa shape index (κ2) is 6.37. The molecule has 0 saturated heterocycles. The Bertz CT molecular complexity index is 866. The Hall–Kier alpha value is -2.19. The van der Waals surface area contributed by atoms with Crippen molar-refractivity contribution in [2.45, 2.75) is 17.1 Å². The third kappa shape index (κ3) is 2.94. The number of fused-ring (bicyclic) bond motifs is 1. The van der Waals surface area contributed by atoms with Gasteiger partial charge in [0.15, 0.2) is 11.5 Å². The van der Waals surface area contributed by atoms with Crippen LogP contribution in [0.4, 0.5) is 0 Å². The van der Waals surface area contributed by atoms with Gasteiger partial charge in [0, 0.05) is 7.05 Å². The molecular formula is C15H13ClN4O3S. The van der Waals surface area contributed by atoms with Crippen molar-refractivity contribution < 1.29 is 13.9 Å². The molecule has 0 aliphatic carbocycles. The highest BCUT2D eigenvalue weighted by Gasteiger charge is 2.27. The predicted octanol–water partition coefficient (Wildman–Crippen LogP) is 3.26. The maximum Gasteiger partial charge on any atom is 0.277 e. The van der Waals surface area contributed by atoms with E-state index in [0.717, 1.165) is 11.6 Å². The summed E-state index contributed by atoms with van der Waals surface area (Å²) in [6.07, 6.45) is 1.20. The molecule has 2 aromatic heterocycles. The molecule has 1 atom stereocenters. The summed E-state index contributed by atoms with van der Waals surface area (Å²) in [4.78, 5) is 4.23. The molecule has 1 aliphatic rings. The molecule has 1 aliphatic heterocycles. The van der Waals surface area contributed by atoms with Crippen molar-refractivity contribution in [2.75, 3.05) is 6.61 Å². The molecule has 7 nitrogen and oxygen atoms in total. The van der Waals surface area contributed by atoms with Crippen molar-refractivity contribution in [1.82, 2.24) is 19.7 Å². The standard InChI is InChI=1S/C15H13ClN4O3S/c1-20-12(16)6-17-13(20)8-24-15-19-18-14(23-15)11-7-21-9-4-2-3-5-10(9)22-11/h2-6,11H,7-8H2,1H3. The number of imidazole rings is 1. The fourth-order valence-electron chi connectivity index (χ4n) is 2.23. The quantitative estimate of drug-likeness (QED) is 0.657. The Labute approximate surface area is 146 Å². The van der Waals surface area contributed by atoms with Gasteiger partial charge in [-0.1, -0.05) is 35.5 Å². The maximum absolute atomic E-state index is 5.97. The number of nitrogens with zero attached hydrogens (tertiary/aromatic N) is 4. The summed E-state index contributed by atoms with van der Waals surface area (Å²) in [6, 6.07) is 7.49. The van der Waals surface area contributed by atoms with E-state index in [4.69, 9.17) is 25.5 Å². The molecule has 0 saturated carbocycles. The summed E-state index contributed by atoms with van der Waals surface area (Å²) in [6.45, 7) is 0.332. The minimum Gasteiger partial charge on any atom is -0.485 e. The third-order valence-electron chi connectivity index (χ3n) is 3.56. The number of ether oxygens (including phenoxy) is 2. The van der Waals surface area contributed by atoms with Gasteiger partial charge in [0.25, 0.3) is 11.1 Å². The van der Waals surface area contributed by atoms with Crippen molar-refractivity contribution in [2.24, 2.45) is 7.05 Å². The number of aromatic nitrogens is 4. The highest BCUT2D eigenvalue weighted by atomic mass is 35.5. The molecule has 0 N–H and O–H groups in total. The minimum atomic E-state index is -0.413. The molecular weight excluding hydrogens is 352 g/mol. The molecule has 0 amide bonds. The zero-order valence-corrected chi connectivity index (χ0v) is 14.3. The topological polar surface area (TPSA) is 75.2 Å².